The Morgan fingerprint density at radius 3 is 1.86 bits per heavy atom. The summed E-state index contributed by atoms with van der Waals surface area (Å²) in [6, 6.07) is 26.1. The second kappa shape index (κ2) is 11.6. The van der Waals surface area contributed by atoms with E-state index in [4.69, 9.17) is 0 Å². The van der Waals surface area contributed by atoms with Gasteiger partial charge in [-0.3, -0.25) is 0 Å². The van der Waals surface area contributed by atoms with Gasteiger partial charge in [0.2, 0.25) is 0 Å². The summed E-state index contributed by atoms with van der Waals surface area (Å²) in [5, 5.41) is 2.56. The minimum atomic E-state index is 0.699. The van der Waals surface area contributed by atoms with E-state index in [0.717, 1.165) is 23.9 Å². The van der Waals surface area contributed by atoms with E-state index in [2.05, 4.69) is 117 Å². The third kappa shape index (κ3) is 5.28. The molecule has 182 valence electrons. The van der Waals surface area contributed by atoms with Crippen molar-refractivity contribution in [3.8, 4) is 5.69 Å². The number of hydrogen-bond donors (Lipinski definition) is 0. The molecule has 0 aliphatic rings. The average Bonchev–Trinajstić information content (AvgIpc) is 3.24. The molecule has 0 amide bonds. The second-order valence-electron chi connectivity index (χ2n) is 8.44. The standard InChI is InChI=1S/C30H28N4.C2H6/c1-4-23(11-5-10-16-30-32-21(2)31-22(3)33-30)24-17-19-25(20-18-24)34-28-14-8-6-12-26(28)27-13-7-9-15-29(27)34;1-2/h5-15,17-20H,4,16H2,1-3H3;1-2H3/b10-5-,23-11+;. The summed E-state index contributed by atoms with van der Waals surface area (Å²) in [5.41, 5.74) is 6.17. The largest absolute Gasteiger partial charge is 0.309 e. The zero-order chi connectivity index (χ0) is 25.5. The third-order valence-electron chi connectivity index (χ3n) is 6.10. The van der Waals surface area contributed by atoms with Gasteiger partial charge in [-0.1, -0.05) is 87.5 Å². The van der Waals surface area contributed by atoms with Gasteiger partial charge in [0, 0.05) is 22.9 Å². The highest BCUT2D eigenvalue weighted by atomic mass is 15.0. The Morgan fingerprint density at radius 1 is 0.750 bits per heavy atom. The average molecular weight is 475 g/mol. The van der Waals surface area contributed by atoms with Crippen LogP contribution in [-0.2, 0) is 6.42 Å². The molecule has 0 saturated heterocycles. The molecule has 0 radical (unpaired) electrons. The second-order valence-corrected chi connectivity index (χ2v) is 8.44. The molecule has 5 rings (SSSR count). The van der Waals surface area contributed by atoms with E-state index < -0.39 is 0 Å². The van der Waals surface area contributed by atoms with E-state index in [1.165, 1.54) is 38.6 Å². The Labute approximate surface area is 214 Å². The molecule has 0 bridgehead atoms. The lowest BCUT2D eigenvalue weighted by atomic mass is 10.0. The van der Waals surface area contributed by atoms with Crippen molar-refractivity contribution in [1.82, 2.24) is 19.5 Å². The van der Waals surface area contributed by atoms with Crippen LogP contribution in [0.15, 0.2) is 91.0 Å². The molecular weight excluding hydrogens is 440 g/mol. The number of aromatic nitrogens is 4. The molecule has 0 aliphatic carbocycles. The minimum Gasteiger partial charge on any atom is -0.309 e. The lowest BCUT2D eigenvalue weighted by molar-refractivity contribution is 0.851. The van der Waals surface area contributed by atoms with Crippen molar-refractivity contribution < 1.29 is 0 Å². The zero-order valence-corrected chi connectivity index (χ0v) is 21.9. The Morgan fingerprint density at radius 2 is 1.31 bits per heavy atom. The van der Waals surface area contributed by atoms with Crippen LogP contribution in [-0.4, -0.2) is 19.5 Å². The smallest absolute Gasteiger partial charge is 0.136 e. The molecule has 2 heterocycles. The summed E-state index contributed by atoms with van der Waals surface area (Å²) in [4.78, 5) is 13.1. The van der Waals surface area contributed by atoms with Crippen LogP contribution < -0.4 is 0 Å². The molecule has 0 spiro atoms. The summed E-state index contributed by atoms with van der Waals surface area (Å²) < 4.78 is 2.35. The lowest BCUT2D eigenvalue weighted by Gasteiger charge is -2.10. The number of hydrogen-bond acceptors (Lipinski definition) is 3. The molecule has 0 saturated carbocycles. The monoisotopic (exact) mass is 474 g/mol. The normalized spacial score (nSPS) is 11.8. The molecule has 0 fully saturated rings. The number of aryl methyl sites for hydroxylation is 2. The lowest BCUT2D eigenvalue weighted by Crippen LogP contribution is -2.01. The first-order chi connectivity index (χ1) is 17.6. The quantitative estimate of drug-likeness (QED) is 0.233. The van der Waals surface area contributed by atoms with E-state index in [-0.39, 0.29) is 0 Å². The predicted octanol–water partition coefficient (Wildman–Crippen LogP) is 8.20. The van der Waals surface area contributed by atoms with Gasteiger partial charge >= 0.3 is 0 Å². The molecular formula is C32H34N4. The number of benzene rings is 3. The van der Waals surface area contributed by atoms with Gasteiger partial charge in [-0.2, -0.15) is 0 Å². The van der Waals surface area contributed by atoms with Gasteiger partial charge < -0.3 is 4.57 Å². The van der Waals surface area contributed by atoms with Gasteiger partial charge in [-0.25, -0.2) is 15.0 Å². The highest BCUT2D eigenvalue weighted by Crippen LogP contribution is 2.32. The van der Waals surface area contributed by atoms with Crippen LogP contribution in [0.5, 0.6) is 0 Å². The van der Waals surface area contributed by atoms with Crippen LogP contribution in [0.25, 0.3) is 33.1 Å². The van der Waals surface area contributed by atoms with Gasteiger partial charge in [-0.05, 0) is 55.7 Å². The first-order valence-corrected chi connectivity index (χ1v) is 12.8. The summed E-state index contributed by atoms with van der Waals surface area (Å²) in [5.74, 6) is 2.34. The topological polar surface area (TPSA) is 43.6 Å². The maximum Gasteiger partial charge on any atom is 0.136 e. The van der Waals surface area contributed by atoms with E-state index in [9.17, 15) is 0 Å². The molecule has 0 unspecified atom stereocenters. The number of para-hydroxylation sites is 2. The van der Waals surface area contributed by atoms with Gasteiger partial charge in [0.05, 0.1) is 11.0 Å². The van der Waals surface area contributed by atoms with Crippen molar-refractivity contribution in [3.05, 3.63) is 114 Å². The molecule has 3 aromatic carbocycles. The Hall–Kier alpha value is -4.05. The Bertz CT molecular complexity index is 1450. The van der Waals surface area contributed by atoms with E-state index in [0.29, 0.717) is 6.42 Å². The maximum absolute atomic E-state index is 4.41. The molecule has 5 aromatic rings. The van der Waals surface area contributed by atoms with Crippen LogP contribution >= 0.6 is 0 Å². The van der Waals surface area contributed by atoms with Crippen molar-refractivity contribution in [2.24, 2.45) is 0 Å². The molecule has 4 heteroatoms. The molecule has 2 aromatic heterocycles. The summed E-state index contributed by atoms with van der Waals surface area (Å²) in [6.45, 7) is 10.00. The number of nitrogens with zero attached hydrogens (tertiary/aromatic N) is 4. The Kier molecular flexibility index (Phi) is 8.06. The summed E-state index contributed by atoms with van der Waals surface area (Å²) >= 11 is 0. The zero-order valence-electron chi connectivity index (χ0n) is 21.9. The number of rotatable bonds is 6. The summed E-state index contributed by atoms with van der Waals surface area (Å²) in [6.07, 6.45) is 8.06. The van der Waals surface area contributed by atoms with Crippen molar-refractivity contribution >= 4 is 27.4 Å². The summed E-state index contributed by atoms with van der Waals surface area (Å²) in [7, 11) is 0. The fourth-order valence-corrected chi connectivity index (χ4v) is 4.58. The molecule has 4 nitrogen and oxygen atoms in total. The third-order valence-corrected chi connectivity index (χ3v) is 6.10. The first kappa shape index (κ1) is 25.1. The minimum absolute atomic E-state index is 0.699. The Balaban J connectivity index is 0.00000148. The van der Waals surface area contributed by atoms with Crippen molar-refractivity contribution in [3.63, 3.8) is 0 Å². The molecule has 0 aliphatic heterocycles. The van der Waals surface area contributed by atoms with Gasteiger partial charge in [0.1, 0.15) is 17.5 Å². The number of fused-ring (bicyclic) bond motifs is 3. The van der Waals surface area contributed by atoms with Crippen LogP contribution in [0.1, 0.15) is 50.2 Å². The van der Waals surface area contributed by atoms with E-state index in [1.807, 2.05) is 27.7 Å². The van der Waals surface area contributed by atoms with Gasteiger partial charge in [0.25, 0.3) is 0 Å². The van der Waals surface area contributed by atoms with Gasteiger partial charge in [0.15, 0.2) is 0 Å². The molecule has 0 N–H and O–H groups in total. The fraction of sp³-hybridized carbons (Fsp3) is 0.219. The van der Waals surface area contributed by atoms with Crippen LogP contribution in [0, 0.1) is 13.8 Å². The highest BCUT2D eigenvalue weighted by Gasteiger charge is 2.11. The fourth-order valence-electron chi connectivity index (χ4n) is 4.58. The van der Waals surface area contributed by atoms with Crippen molar-refractivity contribution in [2.75, 3.05) is 0 Å². The number of allylic oxidation sites excluding steroid dienone is 4. The van der Waals surface area contributed by atoms with Crippen molar-refractivity contribution in [1.29, 1.82) is 0 Å². The van der Waals surface area contributed by atoms with Crippen molar-refractivity contribution in [2.45, 2.75) is 47.5 Å². The molecule has 36 heavy (non-hydrogen) atoms. The molecule has 0 atom stereocenters. The first-order valence-electron chi connectivity index (χ1n) is 12.8. The highest BCUT2D eigenvalue weighted by molar-refractivity contribution is 6.09. The maximum atomic E-state index is 4.41. The van der Waals surface area contributed by atoms with E-state index >= 15 is 0 Å². The van der Waals surface area contributed by atoms with Crippen LogP contribution in [0.4, 0.5) is 0 Å². The van der Waals surface area contributed by atoms with Gasteiger partial charge in [-0.15, -0.1) is 0 Å². The van der Waals surface area contributed by atoms with Crippen LogP contribution in [0.3, 0.4) is 0 Å². The van der Waals surface area contributed by atoms with Crippen LogP contribution in [0.2, 0.25) is 0 Å². The van der Waals surface area contributed by atoms with E-state index in [1.54, 1.807) is 0 Å². The SMILES string of the molecule is CC.CC/C(=C\C=C/Cc1nc(C)nc(C)n1)c1ccc(-n2c3ccccc3c3ccccc32)cc1. The predicted molar refractivity (Wildman–Crippen MR) is 153 cm³/mol.